The van der Waals surface area contributed by atoms with Crippen LogP contribution in [0.3, 0.4) is 0 Å². The fourth-order valence-corrected chi connectivity index (χ4v) is 3.46. The van der Waals surface area contributed by atoms with Gasteiger partial charge in [-0.2, -0.15) is 0 Å². The van der Waals surface area contributed by atoms with E-state index in [1.807, 2.05) is 6.07 Å². The van der Waals surface area contributed by atoms with Crippen LogP contribution in [0, 0.1) is 3.57 Å². The minimum absolute atomic E-state index is 0.930. The van der Waals surface area contributed by atoms with Crippen LogP contribution >= 0.6 is 46.6 Å². The number of benzene rings is 1. The van der Waals surface area contributed by atoms with Crippen LogP contribution in [-0.2, 0) is 0 Å². The summed E-state index contributed by atoms with van der Waals surface area (Å²) in [6.45, 7) is 0. The van der Waals surface area contributed by atoms with E-state index >= 15 is 0 Å². The third kappa shape index (κ3) is 1.67. The molecule has 2 rings (SSSR count). The highest BCUT2D eigenvalue weighted by Gasteiger charge is 2.07. The van der Waals surface area contributed by atoms with Crippen LogP contribution in [0.15, 0.2) is 22.4 Å². The molecule has 1 heterocycles. The Balaban J connectivity index is 2.78. The highest BCUT2D eigenvalue weighted by atomic mass is 127. The molecule has 0 N–H and O–H groups in total. The number of methoxy groups -OCH3 is 1. The van der Waals surface area contributed by atoms with Crippen LogP contribution in [0.1, 0.15) is 0 Å². The molecule has 0 saturated heterocycles. The molecule has 0 aliphatic carbocycles. The van der Waals surface area contributed by atoms with Crippen LogP contribution in [0.4, 0.5) is 0 Å². The van der Waals surface area contributed by atoms with Gasteiger partial charge < -0.3 is 4.74 Å². The first-order chi connectivity index (χ1) is 6.22. The van der Waals surface area contributed by atoms with Crippen LogP contribution in [0.5, 0.6) is 5.75 Å². The van der Waals surface area contributed by atoms with Gasteiger partial charge in [0.25, 0.3) is 0 Å². The predicted octanol–water partition coefficient (Wildman–Crippen LogP) is 3.80. The molecule has 1 aromatic carbocycles. The predicted molar refractivity (Wildman–Crippen MR) is 68.3 cm³/mol. The maximum absolute atomic E-state index is 5.23. The molecule has 4 heteroatoms. The first-order valence-electron chi connectivity index (χ1n) is 3.67. The van der Waals surface area contributed by atoms with E-state index in [2.05, 4.69) is 47.4 Å². The summed E-state index contributed by atoms with van der Waals surface area (Å²) in [5, 5.41) is 1.23. The van der Waals surface area contributed by atoms with E-state index in [9.17, 15) is 0 Å². The zero-order valence-electron chi connectivity index (χ0n) is 6.87. The lowest BCUT2D eigenvalue weighted by molar-refractivity contribution is 0.412. The lowest BCUT2D eigenvalue weighted by Gasteiger charge is -2.02. The van der Waals surface area contributed by atoms with Gasteiger partial charge in [-0.3, -0.25) is 0 Å². The number of rotatable bonds is 1. The normalized spacial score (nSPS) is 10.7. The molecule has 0 amide bonds. The molecule has 0 aliphatic heterocycles. The zero-order valence-corrected chi connectivity index (χ0v) is 10.7. The van der Waals surface area contributed by atoms with Gasteiger partial charge in [0.1, 0.15) is 5.75 Å². The quantitative estimate of drug-likeness (QED) is 0.621. The van der Waals surface area contributed by atoms with Crippen molar-refractivity contribution in [3.63, 3.8) is 0 Å². The van der Waals surface area contributed by atoms with Gasteiger partial charge in [-0.25, -0.2) is 0 Å². The van der Waals surface area contributed by atoms with E-state index in [0.717, 1.165) is 13.5 Å². The van der Waals surface area contributed by atoms with E-state index in [-0.39, 0.29) is 0 Å². The summed E-state index contributed by atoms with van der Waals surface area (Å²) >= 11 is 8.32. The van der Waals surface area contributed by atoms with Crippen LogP contribution < -0.4 is 4.74 Å². The second-order valence-corrected chi connectivity index (χ2v) is 5.53. The van der Waals surface area contributed by atoms with Crippen molar-refractivity contribution in [1.82, 2.24) is 0 Å². The molecular weight excluding hydrogens is 315 g/mol. The minimum Gasteiger partial charge on any atom is -0.496 e. The summed E-state index contributed by atoms with van der Waals surface area (Å²) in [5.74, 6) is 0.930. The number of ether oxygens (including phenoxy) is 1. The molecule has 1 aromatic heterocycles. The smallest absolute Gasteiger partial charge is 0.132 e. The fourth-order valence-electron chi connectivity index (χ4n) is 1.20. The van der Waals surface area contributed by atoms with Gasteiger partial charge in [0, 0.05) is 10.1 Å². The number of hydrogen-bond donors (Lipinski definition) is 1. The molecule has 0 spiro atoms. The highest BCUT2D eigenvalue weighted by molar-refractivity contribution is 14.1. The fraction of sp³-hybridized carbons (Fsp3) is 0.111. The van der Waals surface area contributed by atoms with Crippen molar-refractivity contribution in [2.45, 2.75) is 4.21 Å². The molecule has 0 bridgehead atoms. The monoisotopic (exact) mass is 322 g/mol. The Bertz CT molecular complexity index is 450. The first kappa shape index (κ1) is 9.61. The van der Waals surface area contributed by atoms with Crippen molar-refractivity contribution >= 4 is 56.6 Å². The van der Waals surface area contributed by atoms with Crippen LogP contribution in [-0.4, -0.2) is 7.11 Å². The number of halogens is 1. The molecule has 0 saturated carbocycles. The first-order valence-corrected chi connectivity index (χ1v) is 6.01. The summed E-state index contributed by atoms with van der Waals surface area (Å²) in [7, 11) is 1.69. The SMILES string of the molecule is COc1ccc2sc(S)cc2c1I. The highest BCUT2D eigenvalue weighted by Crippen LogP contribution is 2.35. The summed E-state index contributed by atoms with van der Waals surface area (Å²) in [6, 6.07) is 6.14. The Morgan fingerprint density at radius 3 is 2.92 bits per heavy atom. The Morgan fingerprint density at radius 1 is 1.46 bits per heavy atom. The molecule has 68 valence electrons. The van der Waals surface area contributed by atoms with E-state index in [4.69, 9.17) is 4.74 Å². The molecule has 2 aromatic rings. The van der Waals surface area contributed by atoms with Crippen molar-refractivity contribution in [1.29, 1.82) is 0 Å². The number of fused-ring (bicyclic) bond motifs is 1. The molecule has 0 atom stereocenters. The average molecular weight is 322 g/mol. The van der Waals surface area contributed by atoms with Gasteiger partial charge in [-0.15, -0.1) is 24.0 Å². The number of thiol groups is 1. The lowest BCUT2D eigenvalue weighted by Crippen LogP contribution is -1.85. The van der Waals surface area contributed by atoms with E-state index < -0.39 is 0 Å². The number of thiophene rings is 1. The zero-order chi connectivity index (χ0) is 9.42. The van der Waals surface area contributed by atoms with E-state index in [0.29, 0.717) is 0 Å². The third-order valence-electron chi connectivity index (χ3n) is 1.81. The topological polar surface area (TPSA) is 9.23 Å². The number of hydrogen-bond acceptors (Lipinski definition) is 3. The summed E-state index contributed by atoms with van der Waals surface area (Å²) in [5.41, 5.74) is 0. The molecule has 13 heavy (non-hydrogen) atoms. The summed E-state index contributed by atoms with van der Waals surface area (Å²) in [6.07, 6.45) is 0. The maximum Gasteiger partial charge on any atom is 0.132 e. The summed E-state index contributed by atoms with van der Waals surface area (Å²) in [4.78, 5) is 0. The Labute approximate surface area is 99.6 Å². The van der Waals surface area contributed by atoms with Gasteiger partial charge >= 0.3 is 0 Å². The van der Waals surface area contributed by atoms with Crippen molar-refractivity contribution in [2.24, 2.45) is 0 Å². The minimum atomic E-state index is 0.930. The van der Waals surface area contributed by atoms with Crippen molar-refractivity contribution < 1.29 is 4.74 Å². The standard InChI is InChI=1S/C9H7IOS2/c1-11-6-2-3-7-5(9(6)10)4-8(12)13-7/h2-4,12H,1H3. The molecular formula is C9H7IOS2. The van der Waals surface area contributed by atoms with Gasteiger partial charge in [-0.1, -0.05) is 0 Å². The van der Waals surface area contributed by atoms with E-state index in [1.165, 1.54) is 10.1 Å². The van der Waals surface area contributed by atoms with Gasteiger partial charge in [0.15, 0.2) is 0 Å². The Hall–Kier alpha value is 0.0600. The Kier molecular flexibility index (Phi) is 2.71. The van der Waals surface area contributed by atoms with Crippen molar-refractivity contribution in [2.75, 3.05) is 7.11 Å². The second-order valence-electron chi connectivity index (χ2n) is 2.58. The van der Waals surface area contributed by atoms with Crippen molar-refractivity contribution in [3.8, 4) is 5.75 Å². The lowest BCUT2D eigenvalue weighted by atomic mass is 10.2. The molecule has 0 radical (unpaired) electrons. The summed E-state index contributed by atoms with van der Waals surface area (Å²) < 4.78 is 8.70. The van der Waals surface area contributed by atoms with Gasteiger partial charge in [0.2, 0.25) is 0 Å². The van der Waals surface area contributed by atoms with Gasteiger partial charge in [0.05, 0.1) is 14.9 Å². The molecule has 0 unspecified atom stereocenters. The van der Waals surface area contributed by atoms with Crippen LogP contribution in [0.25, 0.3) is 10.1 Å². The molecule has 1 nitrogen and oxygen atoms in total. The van der Waals surface area contributed by atoms with E-state index in [1.54, 1.807) is 18.4 Å². The molecule has 0 aliphatic rings. The third-order valence-corrected chi connectivity index (χ3v) is 4.23. The van der Waals surface area contributed by atoms with Gasteiger partial charge in [-0.05, 0) is 40.8 Å². The molecule has 0 fully saturated rings. The average Bonchev–Trinajstić information content (AvgIpc) is 2.47. The van der Waals surface area contributed by atoms with Crippen LogP contribution in [0.2, 0.25) is 0 Å². The Morgan fingerprint density at radius 2 is 2.23 bits per heavy atom. The maximum atomic E-state index is 5.23. The largest absolute Gasteiger partial charge is 0.496 e. The van der Waals surface area contributed by atoms with Crippen molar-refractivity contribution in [3.05, 3.63) is 21.8 Å². The second kappa shape index (κ2) is 3.67.